The first kappa shape index (κ1) is 13.9. The smallest absolute Gasteiger partial charge is 0.125 e. The SMILES string of the molecule is OCCC1CCCCN1C1COc2ccccc2C1O. The predicted molar refractivity (Wildman–Crippen MR) is 76.7 cm³/mol. The van der Waals surface area contributed by atoms with Gasteiger partial charge in [-0.1, -0.05) is 24.6 Å². The molecule has 0 aliphatic carbocycles. The van der Waals surface area contributed by atoms with Crippen LogP contribution < -0.4 is 4.74 Å². The van der Waals surface area contributed by atoms with E-state index in [2.05, 4.69) is 4.90 Å². The van der Waals surface area contributed by atoms with E-state index in [-0.39, 0.29) is 12.6 Å². The Morgan fingerprint density at radius 1 is 1.25 bits per heavy atom. The molecule has 4 nitrogen and oxygen atoms in total. The van der Waals surface area contributed by atoms with Gasteiger partial charge in [-0.3, -0.25) is 4.90 Å². The van der Waals surface area contributed by atoms with Crippen molar-refractivity contribution >= 4 is 0 Å². The van der Waals surface area contributed by atoms with Crippen LogP contribution in [0.5, 0.6) is 5.75 Å². The van der Waals surface area contributed by atoms with Crippen molar-refractivity contribution in [3.8, 4) is 5.75 Å². The van der Waals surface area contributed by atoms with Gasteiger partial charge in [-0.2, -0.15) is 0 Å². The zero-order chi connectivity index (χ0) is 13.9. The Hall–Kier alpha value is -1.10. The van der Waals surface area contributed by atoms with Crippen molar-refractivity contribution in [2.45, 2.75) is 43.9 Å². The average Bonchev–Trinajstić information content (AvgIpc) is 2.49. The number of aliphatic hydroxyl groups excluding tert-OH is 2. The maximum atomic E-state index is 10.7. The highest BCUT2D eigenvalue weighted by atomic mass is 16.5. The van der Waals surface area contributed by atoms with E-state index < -0.39 is 6.10 Å². The van der Waals surface area contributed by atoms with Crippen molar-refractivity contribution in [2.24, 2.45) is 0 Å². The van der Waals surface area contributed by atoms with Gasteiger partial charge in [-0.15, -0.1) is 0 Å². The van der Waals surface area contributed by atoms with Crippen LogP contribution in [0.3, 0.4) is 0 Å². The molecule has 2 aliphatic rings. The van der Waals surface area contributed by atoms with Crippen LogP contribution in [-0.2, 0) is 0 Å². The highest BCUT2D eigenvalue weighted by Gasteiger charge is 2.37. The second-order valence-corrected chi connectivity index (χ2v) is 5.76. The van der Waals surface area contributed by atoms with E-state index >= 15 is 0 Å². The molecule has 0 saturated carbocycles. The highest BCUT2D eigenvalue weighted by Crippen LogP contribution is 2.36. The maximum absolute atomic E-state index is 10.7. The summed E-state index contributed by atoms with van der Waals surface area (Å²) in [5, 5.41) is 19.9. The van der Waals surface area contributed by atoms with E-state index in [0.717, 1.165) is 37.1 Å². The number of ether oxygens (including phenoxy) is 1. The minimum absolute atomic E-state index is 0.00162. The molecular formula is C16H23NO3. The highest BCUT2D eigenvalue weighted by molar-refractivity contribution is 5.37. The number of nitrogens with zero attached hydrogens (tertiary/aromatic N) is 1. The first-order valence-corrected chi connectivity index (χ1v) is 7.57. The standard InChI is InChI=1S/C16H23NO3/c18-10-8-12-5-3-4-9-17(12)14-11-20-15-7-2-1-6-13(15)16(14)19/h1-2,6-7,12,14,16,18-19H,3-5,8-11H2. The Morgan fingerprint density at radius 2 is 2.10 bits per heavy atom. The van der Waals surface area contributed by atoms with Gasteiger partial charge in [0.1, 0.15) is 18.5 Å². The lowest BCUT2D eigenvalue weighted by molar-refractivity contribution is -0.0332. The molecular weight excluding hydrogens is 254 g/mol. The molecule has 3 rings (SSSR count). The Bertz CT molecular complexity index is 449. The quantitative estimate of drug-likeness (QED) is 0.883. The zero-order valence-corrected chi connectivity index (χ0v) is 11.7. The van der Waals surface area contributed by atoms with Crippen molar-refractivity contribution in [3.63, 3.8) is 0 Å². The summed E-state index contributed by atoms with van der Waals surface area (Å²) in [6.45, 7) is 1.72. The summed E-state index contributed by atoms with van der Waals surface area (Å²) >= 11 is 0. The maximum Gasteiger partial charge on any atom is 0.125 e. The van der Waals surface area contributed by atoms with Crippen LogP contribution in [0.25, 0.3) is 0 Å². The minimum Gasteiger partial charge on any atom is -0.491 e. The van der Waals surface area contributed by atoms with Gasteiger partial charge in [0.15, 0.2) is 0 Å². The van der Waals surface area contributed by atoms with Crippen molar-refractivity contribution < 1.29 is 14.9 Å². The molecule has 3 unspecified atom stereocenters. The topological polar surface area (TPSA) is 52.9 Å². The molecule has 1 aromatic carbocycles. The minimum atomic E-state index is -0.501. The van der Waals surface area contributed by atoms with E-state index in [1.54, 1.807) is 0 Å². The molecule has 3 atom stereocenters. The molecule has 2 N–H and O–H groups in total. The van der Waals surface area contributed by atoms with Gasteiger partial charge in [-0.05, 0) is 31.9 Å². The molecule has 0 bridgehead atoms. The first-order chi connectivity index (χ1) is 9.81. The van der Waals surface area contributed by atoms with Crippen molar-refractivity contribution in [1.82, 2.24) is 4.90 Å². The lowest BCUT2D eigenvalue weighted by atomic mass is 9.92. The molecule has 2 heterocycles. The van der Waals surface area contributed by atoms with Gasteiger partial charge in [0, 0.05) is 18.2 Å². The summed E-state index contributed by atoms with van der Waals surface area (Å²) in [5.41, 5.74) is 0.886. The number of para-hydroxylation sites is 1. The average molecular weight is 277 g/mol. The lowest BCUT2D eigenvalue weighted by Gasteiger charge is -2.44. The number of aliphatic hydroxyl groups is 2. The number of likely N-dealkylation sites (tertiary alicyclic amines) is 1. The Morgan fingerprint density at radius 3 is 2.95 bits per heavy atom. The van der Waals surface area contributed by atoms with E-state index in [9.17, 15) is 10.2 Å². The van der Waals surface area contributed by atoms with Crippen molar-refractivity contribution in [2.75, 3.05) is 19.8 Å². The third kappa shape index (κ3) is 2.55. The molecule has 0 aromatic heterocycles. The van der Waals surface area contributed by atoms with E-state index in [4.69, 9.17) is 4.74 Å². The zero-order valence-electron chi connectivity index (χ0n) is 11.7. The van der Waals surface area contributed by atoms with Crippen LogP contribution >= 0.6 is 0 Å². The third-order valence-corrected chi connectivity index (χ3v) is 4.57. The summed E-state index contributed by atoms with van der Waals surface area (Å²) in [6.07, 6.45) is 3.75. The Labute approximate surface area is 120 Å². The molecule has 110 valence electrons. The van der Waals surface area contributed by atoms with Crippen LogP contribution in [0.2, 0.25) is 0 Å². The number of hydrogen-bond donors (Lipinski definition) is 2. The van der Waals surface area contributed by atoms with Gasteiger partial charge in [-0.25, -0.2) is 0 Å². The second kappa shape index (κ2) is 6.12. The van der Waals surface area contributed by atoms with Crippen molar-refractivity contribution in [1.29, 1.82) is 0 Å². The largest absolute Gasteiger partial charge is 0.491 e. The summed E-state index contributed by atoms with van der Waals surface area (Å²) in [5.74, 6) is 0.798. The molecule has 0 radical (unpaired) electrons. The normalized spacial score (nSPS) is 30.6. The van der Waals surface area contributed by atoms with Crippen LogP contribution in [-0.4, -0.2) is 47.0 Å². The summed E-state index contributed by atoms with van der Waals surface area (Å²) in [6, 6.07) is 8.09. The summed E-state index contributed by atoms with van der Waals surface area (Å²) in [4.78, 5) is 2.35. The number of piperidine rings is 1. The molecule has 20 heavy (non-hydrogen) atoms. The second-order valence-electron chi connectivity index (χ2n) is 5.76. The van der Waals surface area contributed by atoms with E-state index in [1.165, 1.54) is 6.42 Å². The summed E-state index contributed by atoms with van der Waals surface area (Å²) < 4.78 is 5.82. The van der Waals surface area contributed by atoms with Gasteiger partial charge >= 0.3 is 0 Å². The fourth-order valence-corrected chi connectivity index (χ4v) is 3.53. The van der Waals surface area contributed by atoms with Gasteiger partial charge < -0.3 is 14.9 Å². The van der Waals surface area contributed by atoms with E-state index in [0.29, 0.717) is 12.6 Å². The molecule has 4 heteroatoms. The fraction of sp³-hybridized carbons (Fsp3) is 0.625. The Balaban J connectivity index is 1.80. The molecule has 1 saturated heterocycles. The predicted octanol–water partition coefficient (Wildman–Crippen LogP) is 1.72. The first-order valence-electron chi connectivity index (χ1n) is 7.57. The van der Waals surface area contributed by atoms with Gasteiger partial charge in [0.25, 0.3) is 0 Å². The molecule has 1 fully saturated rings. The Kier molecular flexibility index (Phi) is 4.24. The third-order valence-electron chi connectivity index (χ3n) is 4.57. The van der Waals surface area contributed by atoms with Crippen LogP contribution in [0.15, 0.2) is 24.3 Å². The monoisotopic (exact) mass is 277 g/mol. The van der Waals surface area contributed by atoms with Crippen LogP contribution in [0, 0.1) is 0 Å². The number of rotatable bonds is 3. The molecule has 0 spiro atoms. The number of hydrogen-bond acceptors (Lipinski definition) is 4. The molecule has 0 amide bonds. The lowest BCUT2D eigenvalue weighted by Crippen LogP contribution is -2.52. The fourth-order valence-electron chi connectivity index (χ4n) is 3.53. The van der Waals surface area contributed by atoms with Crippen LogP contribution in [0.1, 0.15) is 37.4 Å². The van der Waals surface area contributed by atoms with E-state index in [1.807, 2.05) is 24.3 Å². The van der Waals surface area contributed by atoms with Gasteiger partial charge in [0.05, 0.1) is 6.04 Å². The van der Waals surface area contributed by atoms with Crippen LogP contribution in [0.4, 0.5) is 0 Å². The molecule has 2 aliphatic heterocycles. The molecule has 1 aromatic rings. The van der Waals surface area contributed by atoms with Crippen molar-refractivity contribution in [3.05, 3.63) is 29.8 Å². The number of fused-ring (bicyclic) bond motifs is 1. The van der Waals surface area contributed by atoms with Gasteiger partial charge in [0.2, 0.25) is 0 Å². The summed E-state index contributed by atoms with van der Waals surface area (Å²) in [7, 11) is 0. The number of benzene rings is 1.